The maximum atomic E-state index is 13.1. The summed E-state index contributed by atoms with van der Waals surface area (Å²) in [6.45, 7) is 14.4. The quantitative estimate of drug-likeness (QED) is 0.376. The van der Waals surface area contributed by atoms with E-state index >= 15 is 0 Å². The smallest absolute Gasteiger partial charge is 0.255 e. The van der Waals surface area contributed by atoms with Crippen LogP contribution in [0.15, 0.2) is 71.3 Å². The van der Waals surface area contributed by atoms with Gasteiger partial charge in [0.25, 0.3) is 5.91 Å². The summed E-state index contributed by atoms with van der Waals surface area (Å²) in [6, 6.07) is 8.18. The standard InChI is InChI=1S/C28H35N3O5S/c1-7-21(27(32)30-23-9-8-10-24(17-23)37(6,33)34)15-25(19(2)3)22-16-26(31-11-13-35-14-12-31)28(29-18-22)36-20(4)5/h7-10,15-18,20H,1,11-14H2,2-6H3,(H,30,32). The number of rotatable bonds is 9. The molecule has 0 atom stereocenters. The monoisotopic (exact) mass is 525 g/mol. The number of carbonyl (C=O) groups is 1. The van der Waals surface area contributed by atoms with Gasteiger partial charge in [-0.25, -0.2) is 13.4 Å². The van der Waals surface area contributed by atoms with Crippen molar-refractivity contribution in [2.45, 2.75) is 38.7 Å². The van der Waals surface area contributed by atoms with Crippen molar-refractivity contribution in [2.24, 2.45) is 0 Å². The summed E-state index contributed by atoms with van der Waals surface area (Å²) < 4.78 is 35.3. The minimum atomic E-state index is -3.40. The van der Waals surface area contributed by atoms with E-state index in [2.05, 4.69) is 21.8 Å². The van der Waals surface area contributed by atoms with Gasteiger partial charge in [0.2, 0.25) is 5.88 Å². The highest BCUT2D eigenvalue weighted by Gasteiger charge is 2.20. The molecule has 0 aliphatic carbocycles. The molecule has 0 radical (unpaired) electrons. The predicted molar refractivity (Wildman–Crippen MR) is 148 cm³/mol. The zero-order chi connectivity index (χ0) is 27.2. The molecule has 198 valence electrons. The molecule has 8 nitrogen and oxygen atoms in total. The van der Waals surface area contributed by atoms with Gasteiger partial charge in [-0.05, 0) is 63.6 Å². The topological polar surface area (TPSA) is 97.8 Å². The Kier molecular flexibility index (Phi) is 9.29. The first-order valence-electron chi connectivity index (χ1n) is 12.1. The fourth-order valence-electron chi connectivity index (χ4n) is 3.83. The molecule has 0 bridgehead atoms. The van der Waals surface area contributed by atoms with Crippen LogP contribution in [0.5, 0.6) is 5.88 Å². The second kappa shape index (κ2) is 12.2. The van der Waals surface area contributed by atoms with Gasteiger partial charge in [-0.3, -0.25) is 4.79 Å². The molecule has 9 heteroatoms. The van der Waals surface area contributed by atoms with Crippen LogP contribution in [-0.2, 0) is 19.4 Å². The van der Waals surface area contributed by atoms with Crippen LogP contribution in [0.2, 0.25) is 0 Å². The molecule has 3 rings (SSSR count). The zero-order valence-corrected chi connectivity index (χ0v) is 22.9. The lowest BCUT2D eigenvalue weighted by atomic mass is 9.99. The minimum Gasteiger partial charge on any atom is -0.473 e. The first-order valence-corrected chi connectivity index (χ1v) is 14.0. The predicted octanol–water partition coefficient (Wildman–Crippen LogP) is 4.65. The van der Waals surface area contributed by atoms with Gasteiger partial charge in [0, 0.05) is 42.4 Å². The van der Waals surface area contributed by atoms with E-state index in [9.17, 15) is 13.2 Å². The molecule has 1 saturated heterocycles. The van der Waals surface area contributed by atoms with Crippen LogP contribution in [0.3, 0.4) is 0 Å². The number of anilines is 2. The van der Waals surface area contributed by atoms with E-state index in [0.717, 1.165) is 41.7 Å². The van der Waals surface area contributed by atoms with Gasteiger partial charge in [-0.2, -0.15) is 0 Å². The minimum absolute atomic E-state index is 0.0294. The number of hydrogen-bond acceptors (Lipinski definition) is 7. The average molecular weight is 526 g/mol. The number of ether oxygens (including phenoxy) is 2. The molecule has 1 aromatic carbocycles. The second-order valence-corrected chi connectivity index (χ2v) is 11.3. The number of sulfone groups is 1. The lowest BCUT2D eigenvalue weighted by Gasteiger charge is -2.30. The number of aromatic nitrogens is 1. The van der Waals surface area contributed by atoms with Gasteiger partial charge < -0.3 is 19.7 Å². The van der Waals surface area contributed by atoms with Gasteiger partial charge in [0.05, 0.1) is 24.2 Å². The van der Waals surface area contributed by atoms with Gasteiger partial charge in [-0.15, -0.1) is 0 Å². The van der Waals surface area contributed by atoms with Gasteiger partial charge >= 0.3 is 0 Å². The highest BCUT2D eigenvalue weighted by molar-refractivity contribution is 7.90. The van der Waals surface area contributed by atoms with Crippen molar-refractivity contribution in [2.75, 3.05) is 42.8 Å². The Morgan fingerprint density at radius 2 is 1.92 bits per heavy atom. The number of pyridine rings is 1. The van der Waals surface area contributed by atoms with Crippen LogP contribution < -0.4 is 15.0 Å². The Hall–Kier alpha value is -3.43. The van der Waals surface area contributed by atoms with Crippen LogP contribution in [-0.4, -0.2) is 58.0 Å². The number of nitrogens with one attached hydrogen (secondary N) is 1. The third-order valence-electron chi connectivity index (χ3n) is 5.68. The first-order chi connectivity index (χ1) is 17.5. The van der Waals surface area contributed by atoms with Gasteiger partial charge in [0.1, 0.15) is 5.69 Å². The molecule has 1 fully saturated rings. The molecule has 0 unspecified atom stereocenters. The molecular formula is C28H35N3O5S. The van der Waals surface area contributed by atoms with E-state index < -0.39 is 15.7 Å². The van der Waals surface area contributed by atoms with E-state index in [1.54, 1.807) is 24.4 Å². The molecule has 37 heavy (non-hydrogen) atoms. The summed E-state index contributed by atoms with van der Waals surface area (Å²) in [4.78, 5) is 20.1. The maximum absolute atomic E-state index is 13.1. The van der Waals surface area contributed by atoms with Crippen LogP contribution in [0, 0.1) is 0 Å². The summed E-state index contributed by atoms with van der Waals surface area (Å²) in [6.07, 6.45) is 6.08. The Morgan fingerprint density at radius 1 is 1.22 bits per heavy atom. The number of carbonyl (C=O) groups excluding carboxylic acids is 1. The number of nitrogens with zero attached hydrogens (tertiary/aromatic N) is 2. The maximum Gasteiger partial charge on any atom is 0.255 e. The van der Waals surface area contributed by atoms with Crippen LogP contribution >= 0.6 is 0 Å². The summed E-state index contributed by atoms with van der Waals surface area (Å²) in [5.74, 6) is 0.158. The Balaban J connectivity index is 1.96. The van der Waals surface area contributed by atoms with Crippen molar-refractivity contribution in [3.05, 3.63) is 72.0 Å². The number of morpholine rings is 1. The van der Waals surface area contributed by atoms with E-state index in [1.807, 2.05) is 33.8 Å². The Bertz CT molecular complexity index is 1320. The average Bonchev–Trinajstić information content (AvgIpc) is 2.84. The second-order valence-electron chi connectivity index (χ2n) is 9.29. The lowest BCUT2D eigenvalue weighted by Crippen LogP contribution is -2.36. The number of hydrogen-bond donors (Lipinski definition) is 1. The van der Waals surface area contributed by atoms with E-state index in [4.69, 9.17) is 9.47 Å². The third-order valence-corrected chi connectivity index (χ3v) is 6.79. The fourth-order valence-corrected chi connectivity index (χ4v) is 4.50. The van der Waals surface area contributed by atoms with Crippen molar-refractivity contribution in [1.82, 2.24) is 4.98 Å². The zero-order valence-electron chi connectivity index (χ0n) is 22.1. The molecule has 1 aliphatic rings. The number of allylic oxidation sites excluding steroid dienone is 3. The molecule has 1 amide bonds. The van der Waals surface area contributed by atoms with Gasteiger partial charge in [0.15, 0.2) is 9.84 Å². The van der Waals surface area contributed by atoms with Gasteiger partial charge in [-0.1, -0.05) is 24.3 Å². The number of benzene rings is 1. The van der Waals surface area contributed by atoms with E-state index in [1.165, 1.54) is 18.2 Å². The largest absolute Gasteiger partial charge is 0.473 e. The summed E-state index contributed by atoms with van der Waals surface area (Å²) in [7, 11) is -3.40. The molecular weight excluding hydrogens is 490 g/mol. The molecule has 2 heterocycles. The lowest BCUT2D eigenvalue weighted by molar-refractivity contribution is -0.112. The fraction of sp³-hybridized carbons (Fsp3) is 0.357. The van der Waals surface area contributed by atoms with E-state index in [-0.39, 0.29) is 11.0 Å². The van der Waals surface area contributed by atoms with Crippen molar-refractivity contribution < 1.29 is 22.7 Å². The highest BCUT2D eigenvalue weighted by atomic mass is 32.2. The highest BCUT2D eigenvalue weighted by Crippen LogP contribution is 2.33. The SMILES string of the molecule is C=CC(=CC(=C(C)C)c1cnc(OC(C)C)c(N2CCOCC2)c1)C(=O)Nc1cccc(S(C)(=O)=O)c1. The first kappa shape index (κ1) is 28.1. The van der Waals surface area contributed by atoms with Crippen LogP contribution in [0.25, 0.3) is 5.57 Å². The van der Waals surface area contributed by atoms with Crippen molar-refractivity contribution >= 4 is 32.7 Å². The molecule has 1 aromatic heterocycles. The molecule has 0 spiro atoms. The van der Waals surface area contributed by atoms with E-state index in [0.29, 0.717) is 30.4 Å². The Labute approximate surface area is 219 Å². The summed E-state index contributed by atoms with van der Waals surface area (Å²) in [5.41, 5.74) is 4.24. The molecule has 0 saturated carbocycles. The summed E-state index contributed by atoms with van der Waals surface area (Å²) in [5, 5.41) is 2.77. The normalized spacial score (nSPS) is 14.3. The van der Waals surface area contributed by atoms with Crippen LogP contribution in [0.1, 0.15) is 33.3 Å². The molecule has 1 aliphatic heterocycles. The van der Waals surface area contributed by atoms with Crippen molar-refractivity contribution in [3.8, 4) is 5.88 Å². The Morgan fingerprint density at radius 3 is 2.51 bits per heavy atom. The molecule has 2 aromatic rings. The summed E-state index contributed by atoms with van der Waals surface area (Å²) >= 11 is 0. The molecule has 1 N–H and O–H groups in total. The van der Waals surface area contributed by atoms with Crippen LogP contribution in [0.4, 0.5) is 11.4 Å². The third kappa shape index (κ3) is 7.53. The van der Waals surface area contributed by atoms with Crippen molar-refractivity contribution in [3.63, 3.8) is 0 Å². The number of amides is 1. The van der Waals surface area contributed by atoms with Crippen molar-refractivity contribution in [1.29, 1.82) is 0 Å².